The molecule has 3 aromatic rings. The molecule has 0 radical (unpaired) electrons. The van der Waals surface area contributed by atoms with Crippen LogP contribution in [0.1, 0.15) is 25.5 Å². The molecule has 1 unspecified atom stereocenters. The highest BCUT2D eigenvalue weighted by Crippen LogP contribution is 2.21. The zero-order valence-electron chi connectivity index (χ0n) is 15.8. The average molecular weight is 398 g/mol. The Morgan fingerprint density at radius 2 is 1.71 bits per heavy atom. The summed E-state index contributed by atoms with van der Waals surface area (Å²) >= 11 is 0. The van der Waals surface area contributed by atoms with E-state index in [1.807, 2.05) is 37.3 Å². The van der Waals surface area contributed by atoms with Gasteiger partial charge >= 0.3 is 0 Å². The third kappa shape index (κ3) is 5.01. The predicted molar refractivity (Wildman–Crippen MR) is 111 cm³/mol. The van der Waals surface area contributed by atoms with Gasteiger partial charge in [0.1, 0.15) is 11.6 Å². The fraction of sp³-hybridized carbons (Fsp3) is 0.190. The molecule has 0 saturated carbocycles. The number of rotatable bonds is 8. The molecule has 1 atom stereocenters. The summed E-state index contributed by atoms with van der Waals surface area (Å²) in [6.07, 6.45) is 1.61. The number of pyridine rings is 1. The summed E-state index contributed by atoms with van der Waals surface area (Å²) in [5.74, 6) is 0.884. The van der Waals surface area contributed by atoms with Crippen molar-refractivity contribution in [1.29, 1.82) is 0 Å². The van der Waals surface area contributed by atoms with Crippen molar-refractivity contribution in [2.24, 2.45) is 0 Å². The zero-order chi connectivity index (χ0) is 20.0. The minimum Gasteiger partial charge on any atom is -0.494 e. The number of hydrogen-bond acceptors (Lipinski definition) is 5. The molecule has 28 heavy (non-hydrogen) atoms. The molecule has 1 heterocycles. The molecule has 0 fully saturated rings. The van der Waals surface area contributed by atoms with Crippen molar-refractivity contribution in [3.63, 3.8) is 0 Å². The molecule has 0 aliphatic carbocycles. The van der Waals surface area contributed by atoms with E-state index in [9.17, 15) is 8.42 Å². The average Bonchev–Trinajstić information content (AvgIpc) is 2.70. The molecule has 6 nitrogen and oxygen atoms in total. The summed E-state index contributed by atoms with van der Waals surface area (Å²) in [6, 6.07) is 19.8. The Morgan fingerprint density at radius 3 is 2.32 bits per heavy atom. The van der Waals surface area contributed by atoms with Crippen molar-refractivity contribution in [2.45, 2.75) is 24.8 Å². The lowest BCUT2D eigenvalue weighted by molar-refractivity contribution is 0.340. The quantitative estimate of drug-likeness (QED) is 0.587. The van der Waals surface area contributed by atoms with Gasteiger partial charge in [-0.25, -0.2) is 13.4 Å². The van der Waals surface area contributed by atoms with Crippen molar-refractivity contribution < 1.29 is 13.2 Å². The fourth-order valence-corrected chi connectivity index (χ4v) is 3.70. The number of benzene rings is 2. The summed E-state index contributed by atoms with van der Waals surface area (Å²) < 4.78 is 32.8. The van der Waals surface area contributed by atoms with Gasteiger partial charge in [-0.2, -0.15) is 0 Å². The van der Waals surface area contributed by atoms with E-state index in [4.69, 9.17) is 4.74 Å². The first-order valence-electron chi connectivity index (χ1n) is 9.01. The van der Waals surface area contributed by atoms with E-state index < -0.39 is 10.0 Å². The van der Waals surface area contributed by atoms with Gasteiger partial charge in [0.25, 0.3) is 10.0 Å². The Hall–Kier alpha value is -3.06. The first-order valence-corrected chi connectivity index (χ1v) is 10.5. The summed E-state index contributed by atoms with van der Waals surface area (Å²) in [4.78, 5) is 4.36. The van der Waals surface area contributed by atoms with Crippen molar-refractivity contribution in [1.82, 2.24) is 4.98 Å². The monoisotopic (exact) mass is 397 g/mol. The Bertz CT molecular complexity index is 989. The Balaban J connectivity index is 1.66. The first kappa shape index (κ1) is 19.7. The highest BCUT2D eigenvalue weighted by Gasteiger charge is 2.15. The minimum atomic E-state index is -3.71. The van der Waals surface area contributed by atoms with Crippen molar-refractivity contribution in [2.75, 3.05) is 16.6 Å². The third-order valence-corrected chi connectivity index (χ3v) is 5.50. The van der Waals surface area contributed by atoms with E-state index in [0.29, 0.717) is 12.4 Å². The lowest BCUT2D eigenvalue weighted by Crippen LogP contribution is -2.14. The lowest BCUT2D eigenvalue weighted by Gasteiger charge is -2.15. The Labute approximate surface area is 165 Å². The molecule has 2 aromatic carbocycles. The van der Waals surface area contributed by atoms with Crippen LogP contribution in [0, 0.1) is 0 Å². The number of hydrogen-bond donors (Lipinski definition) is 2. The molecule has 7 heteroatoms. The van der Waals surface area contributed by atoms with Gasteiger partial charge in [0.2, 0.25) is 0 Å². The molecule has 0 spiro atoms. The maximum absolute atomic E-state index is 12.5. The van der Waals surface area contributed by atoms with Gasteiger partial charge in [0, 0.05) is 6.04 Å². The smallest absolute Gasteiger partial charge is 0.263 e. The van der Waals surface area contributed by atoms with Crippen LogP contribution in [0.4, 0.5) is 11.5 Å². The number of anilines is 2. The van der Waals surface area contributed by atoms with E-state index in [1.165, 1.54) is 12.1 Å². The summed E-state index contributed by atoms with van der Waals surface area (Å²) in [6.45, 7) is 4.45. The summed E-state index contributed by atoms with van der Waals surface area (Å²) in [5, 5.41) is 3.34. The first-order chi connectivity index (χ1) is 13.5. The number of ether oxygens (including phenoxy) is 1. The van der Waals surface area contributed by atoms with Crippen LogP contribution in [0.25, 0.3) is 0 Å². The molecular weight excluding hydrogens is 374 g/mol. The zero-order valence-corrected chi connectivity index (χ0v) is 16.6. The molecule has 146 valence electrons. The van der Waals surface area contributed by atoms with Crippen molar-refractivity contribution in [3.05, 3.63) is 78.5 Å². The summed E-state index contributed by atoms with van der Waals surface area (Å²) in [5.41, 5.74) is 1.96. The second-order valence-electron chi connectivity index (χ2n) is 6.22. The number of nitrogens with one attached hydrogen (secondary N) is 2. The molecule has 2 N–H and O–H groups in total. The standard InChI is InChI=1S/C21H23N3O3S/c1-3-27-19-10-12-20(13-11-19)28(25,26)24-21-14-9-18(15-22-21)23-16(2)17-7-5-4-6-8-17/h4-16,23H,3H2,1-2H3,(H,22,24). The molecule has 0 amide bonds. The van der Waals surface area contributed by atoms with Crippen LogP contribution in [0.2, 0.25) is 0 Å². The van der Waals surface area contributed by atoms with Gasteiger partial charge in [0.15, 0.2) is 0 Å². The molecular formula is C21H23N3O3S. The van der Waals surface area contributed by atoms with Crippen LogP contribution in [0.15, 0.2) is 77.8 Å². The SMILES string of the molecule is CCOc1ccc(S(=O)(=O)Nc2ccc(NC(C)c3ccccc3)cn2)cc1. The van der Waals surface area contributed by atoms with Gasteiger partial charge in [-0.15, -0.1) is 0 Å². The number of sulfonamides is 1. The van der Waals surface area contributed by atoms with Crippen molar-refractivity contribution >= 4 is 21.5 Å². The maximum Gasteiger partial charge on any atom is 0.263 e. The van der Waals surface area contributed by atoms with Crippen LogP contribution in [-0.4, -0.2) is 20.0 Å². The molecule has 3 rings (SSSR count). The maximum atomic E-state index is 12.5. The van der Waals surface area contributed by atoms with Gasteiger partial charge in [-0.05, 0) is 55.8 Å². The van der Waals surface area contributed by atoms with E-state index in [2.05, 4.69) is 21.9 Å². The topological polar surface area (TPSA) is 80.3 Å². The van der Waals surface area contributed by atoms with E-state index >= 15 is 0 Å². The van der Waals surface area contributed by atoms with Crippen LogP contribution in [0.5, 0.6) is 5.75 Å². The molecule has 0 aliphatic rings. The van der Waals surface area contributed by atoms with E-state index in [0.717, 1.165) is 11.3 Å². The normalized spacial score (nSPS) is 12.2. The molecule has 0 aliphatic heterocycles. The number of aromatic nitrogens is 1. The predicted octanol–water partition coefficient (Wildman–Crippen LogP) is 4.45. The van der Waals surface area contributed by atoms with Crippen molar-refractivity contribution in [3.8, 4) is 5.75 Å². The van der Waals surface area contributed by atoms with E-state index in [-0.39, 0.29) is 16.8 Å². The fourth-order valence-electron chi connectivity index (χ4n) is 2.69. The summed E-state index contributed by atoms with van der Waals surface area (Å²) in [7, 11) is -3.71. The van der Waals surface area contributed by atoms with Gasteiger partial charge < -0.3 is 10.1 Å². The minimum absolute atomic E-state index is 0.106. The van der Waals surface area contributed by atoms with Crippen LogP contribution in [-0.2, 0) is 10.0 Å². The largest absolute Gasteiger partial charge is 0.494 e. The second kappa shape index (κ2) is 8.75. The van der Waals surface area contributed by atoms with E-state index in [1.54, 1.807) is 30.5 Å². The molecule has 0 bridgehead atoms. The lowest BCUT2D eigenvalue weighted by atomic mass is 10.1. The van der Waals surface area contributed by atoms with Crippen LogP contribution < -0.4 is 14.8 Å². The third-order valence-electron chi connectivity index (χ3n) is 4.13. The highest BCUT2D eigenvalue weighted by molar-refractivity contribution is 7.92. The number of nitrogens with zero attached hydrogens (tertiary/aromatic N) is 1. The Kier molecular flexibility index (Phi) is 6.16. The Morgan fingerprint density at radius 1 is 1.00 bits per heavy atom. The van der Waals surface area contributed by atoms with Gasteiger partial charge in [-0.3, -0.25) is 4.72 Å². The molecule has 1 aromatic heterocycles. The highest BCUT2D eigenvalue weighted by atomic mass is 32.2. The van der Waals surface area contributed by atoms with Gasteiger partial charge in [0.05, 0.1) is 23.4 Å². The second-order valence-corrected chi connectivity index (χ2v) is 7.90. The van der Waals surface area contributed by atoms with Crippen LogP contribution >= 0.6 is 0 Å². The molecule has 0 saturated heterocycles. The van der Waals surface area contributed by atoms with Crippen LogP contribution in [0.3, 0.4) is 0 Å². The van der Waals surface area contributed by atoms with Gasteiger partial charge in [-0.1, -0.05) is 30.3 Å².